The third kappa shape index (κ3) is 3.45. The quantitative estimate of drug-likeness (QED) is 0.836. The fraction of sp³-hybridized carbons (Fsp3) is 0.524. The van der Waals surface area contributed by atoms with Crippen LogP contribution in [0.15, 0.2) is 36.5 Å². The van der Waals surface area contributed by atoms with Crippen molar-refractivity contribution in [2.45, 2.75) is 50.8 Å². The maximum Gasteiger partial charge on any atom is 0.272 e. The van der Waals surface area contributed by atoms with Gasteiger partial charge in [-0.2, -0.15) is 5.10 Å². The van der Waals surface area contributed by atoms with E-state index < -0.39 is 0 Å². The minimum Gasteiger partial charge on any atom is -0.471 e. The first kappa shape index (κ1) is 17.1. The highest BCUT2D eigenvalue weighted by Crippen LogP contribution is 2.55. The largest absolute Gasteiger partial charge is 0.471 e. The number of amides is 1. The number of carbonyl (C=O) groups excluding carboxylic acids is 1. The fourth-order valence-corrected chi connectivity index (χ4v) is 5.92. The molecule has 4 bridgehead atoms. The number of benzene rings is 1. The molecule has 4 aliphatic rings. The van der Waals surface area contributed by atoms with Gasteiger partial charge in [0.2, 0.25) is 0 Å². The molecule has 6 rings (SSSR count). The van der Waals surface area contributed by atoms with Crippen molar-refractivity contribution in [3.8, 4) is 5.75 Å². The van der Waals surface area contributed by atoms with Crippen molar-refractivity contribution in [1.29, 1.82) is 0 Å². The highest BCUT2D eigenvalue weighted by molar-refractivity contribution is 6.30. The fourth-order valence-electron chi connectivity index (χ4n) is 5.79. The molecule has 6 heteroatoms. The summed E-state index contributed by atoms with van der Waals surface area (Å²) >= 11 is 5.88. The SMILES string of the molecule is O=C(NC12CC3CC(CC(C3)C1)C2)c1ccn(COc2ccc(Cl)cc2)n1. The second-order valence-corrected chi connectivity index (χ2v) is 9.06. The molecule has 27 heavy (non-hydrogen) atoms. The van der Waals surface area contributed by atoms with Crippen LogP contribution in [-0.2, 0) is 6.73 Å². The zero-order valence-electron chi connectivity index (χ0n) is 15.2. The van der Waals surface area contributed by atoms with Crippen LogP contribution in [-0.4, -0.2) is 21.2 Å². The lowest BCUT2D eigenvalue weighted by molar-refractivity contribution is -0.0168. The Labute approximate surface area is 164 Å². The average Bonchev–Trinajstić information content (AvgIpc) is 3.09. The minimum absolute atomic E-state index is 0.00935. The zero-order valence-corrected chi connectivity index (χ0v) is 16.0. The molecule has 0 radical (unpaired) electrons. The van der Waals surface area contributed by atoms with E-state index in [1.807, 2.05) is 12.1 Å². The van der Waals surface area contributed by atoms with Crippen LogP contribution in [0.5, 0.6) is 5.75 Å². The summed E-state index contributed by atoms with van der Waals surface area (Å²) in [6.45, 7) is 0.256. The van der Waals surface area contributed by atoms with Gasteiger partial charge in [-0.05, 0) is 86.6 Å². The lowest BCUT2D eigenvalue weighted by Gasteiger charge is -2.56. The summed E-state index contributed by atoms with van der Waals surface area (Å²) in [6, 6.07) is 8.95. The lowest BCUT2D eigenvalue weighted by atomic mass is 9.53. The van der Waals surface area contributed by atoms with Crippen LogP contribution in [0.2, 0.25) is 5.02 Å². The molecule has 1 N–H and O–H groups in total. The standard InChI is InChI=1S/C21H24ClN3O2/c22-17-1-3-18(4-2-17)27-13-25-6-5-19(24-25)20(26)23-21-10-14-7-15(11-21)9-16(8-14)12-21/h1-6,14-16H,7-13H2,(H,23,26). The first-order valence-electron chi connectivity index (χ1n) is 9.81. The molecule has 0 aliphatic heterocycles. The van der Waals surface area contributed by atoms with E-state index in [1.54, 1.807) is 29.1 Å². The van der Waals surface area contributed by atoms with Crippen molar-refractivity contribution in [3.05, 3.63) is 47.2 Å². The average molecular weight is 386 g/mol. The topological polar surface area (TPSA) is 56.2 Å². The second-order valence-electron chi connectivity index (χ2n) is 8.62. The summed E-state index contributed by atoms with van der Waals surface area (Å²) in [5, 5.41) is 8.43. The van der Waals surface area contributed by atoms with Crippen molar-refractivity contribution in [2.24, 2.45) is 17.8 Å². The Morgan fingerprint density at radius 1 is 1.11 bits per heavy atom. The Kier molecular flexibility index (Phi) is 4.15. The van der Waals surface area contributed by atoms with Gasteiger partial charge < -0.3 is 10.1 Å². The number of aromatic nitrogens is 2. The number of rotatable bonds is 5. The van der Waals surface area contributed by atoms with E-state index >= 15 is 0 Å². The molecule has 4 fully saturated rings. The Morgan fingerprint density at radius 3 is 2.37 bits per heavy atom. The Bertz CT molecular complexity index is 810. The predicted octanol–water partition coefficient (Wildman–Crippen LogP) is 4.27. The third-order valence-electron chi connectivity index (χ3n) is 6.47. The van der Waals surface area contributed by atoms with Crippen LogP contribution >= 0.6 is 11.6 Å². The van der Waals surface area contributed by atoms with E-state index in [4.69, 9.17) is 16.3 Å². The monoisotopic (exact) mass is 385 g/mol. The van der Waals surface area contributed by atoms with E-state index in [1.165, 1.54) is 19.3 Å². The third-order valence-corrected chi connectivity index (χ3v) is 6.72. The van der Waals surface area contributed by atoms with Gasteiger partial charge in [0.15, 0.2) is 6.73 Å². The van der Waals surface area contributed by atoms with Crippen LogP contribution in [0, 0.1) is 17.8 Å². The van der Waals surface area contributed by atoms with Crippen molar-refractivity contribution in [3.63, 3.8) is 0 Å². The number of hydrogen-bond donors (Lipinski definition) is 1. The number of nitrogens with zero attached hydrogens (tertiary/aromatic N) is 2. The smallest absolute Gasteiger partial charge is 0.272 e. The lowest BCUT2D eigenvalue weighted by Crippen LogP contribution is -2.59. The van der Waals surface area contributed by atoms with Crippen molar-refractivity contribution < 1.29 is 9.53 Å². The molecular weight excluding hydrogens is 362 g/mol. The van der Waals surface area contributed by atoms with E-state index in [0.717, 1.165) is 42.8 Å². The van der Waals surface area contributed by atoms with Crippen molar-refractivity contribution >= 4 is 17.5 Å². The van der Waals surface area contributed by atoms with Gasteiger partial charge in [0.05, 0.1) is 0 Å². The van der Waals surface area contributed by atoms with Gasteiger partial charge in [0, 0.05) is 16.8 Å². The molecule has 2 aromatic rings. The molecule has 0 unspecified atom stereocenters. The normalized spacial score (nSPS) is 31.1. The summed E-state index contributed by atoms with van der Waals surface area (Å²) in [7, 11) is 0. The molecule has 0 atom stereocenters. The first-order valence-corrected chi connectivity index (χ1v) is 10.2. The van der Waals surface area contributed by atoms with Gasteiger partial charge >= 0.3 is 0 Å². The number of ether oxygens (including phenoxy) is 1. The molecule has 0 saturated heterocycles. The second kappa shape index (κ2) is 6.55. The molecule has 142 valence electrons. The number of nitrogens with one attached hydrogen (secondary N) is 1. The summed E-state index contributed by atoms with van der Waals surface area (Å²) in [5.41, 5.74) is 0.473. The Hall–Kier alpha value is -2.01. The molecule has 4 saturated carbocycles. The maximum absolute atomic E-state index is 12.8. The van der Waals surface area contributed by atoms with Crippen molar-refractivity contribution in [1.82, 2.24) is 15.1 Å². The van der Waals surface area contributed by atoms with E-state index in [-0.39, 0.29) is 18.2 Å². The molecular formula is C21H24ClN3O2. The molecule has 4 aliphatic carbocycles. The van der Waals surface area contributed by atoms with Crippen molar-refractivity contribution in [2.75, 3.05) is 0 Å². The summed E-state index contributed by atoms with van der Waals surface area (Å²) < 4.78 is 7.33. The summed E-state index contributed by atoms with van der Waals surface area (Å²) in [6.07, 6.45) is 9.31. The number of hydrogen-bond acceptors (Lipinski definition) is 3. The van der Waals surface area contributed by atoms with E-state index in [0.29, 0.717) is 10.7 Å². The molecule has 1 aromatic heterocycles. The number of carbonyl (C=O) groups is 1. The maximum atomic E-state index is 12.8. The van der Waals surface area contributed by atoms with Crippen LogP contribution in [0.1, 0.15) is 49.0 Å². The van der Waals surface area contributed by atoms with Gasteiger partial charge in [-0.3, -0.25) is 4.79 Å². The van der Waals surface area contributed by atoms with Crippen LogP contribution < -0.4 is 10.1 Å². The van der Waals surface area contributed by atoms with Crippen LogP contribution in [0.4, 0.5) is 0 Å². The Morgan fingerprint density at radius 2 is 1.74 bits per heavy atom. The Balaban J connectivity index is 1.22. The molecule has 1 amide bonds. The van der Waals surface area contributed by atoms with Gasteiger partial charge in [-0.15, -0.1) is 0 Å². The van der Waals surface area contributed by atoms with E-state index in [9.17, 15) is 4.79 Å². The van der Waals surface area contributed by atoms with Gasteiger partial charge in [-0.1, -0.05) is 11.6 Å². The molecule has 5 nitrogen and oxygen atoms in total. The highest BCUT2D eigenvalue weighted by atomic mass is 35.5. The van der Waals surface area contributed by atoms with Crippen LogP contribution in [0.25, 0.3) is 0 Å². The van der Waals surface area contributed by atoms with E-state index in [2.05, 4.69) is 10.4 Å². The first-order chi connectivity index (χ1) is 13.1. The van der Waals surface area contributed by atoms with Gasteiger partial charge in [0.1, 0.15) is 11.4 Å². The number of halogens is 1. The summed E-state index contributed by atoms with van der Waals surface area (Å²) in [4.78, 5) is 12.8. The summed E-state index contributed by atoms with van der Waals surface area (Å²) in [5.74, 6) is 3.09. The van der Waals surface area contributed by atoms with Gasteiger partial charge in [0.25, 0.3) is 5.91 Å². The zero-order chi connectivity index (χ0) is 18.4. The molecule has 1 aromatic carbocycles. The minimum atomic E-state index is -0.0535. The highest BCUT2D eigenvalue weighted by Gasteiger charge is 2.51. The molecule has 1 heterocycles. The predicted molar refractivity (Wildman–Crippen MR) is 103 cm³/mol. The van der Waals surface area contributed by atoms with Gasteiger partial charge in [-0.25, -0.2) is 4.68 Å². The van der Waals surface area contributed by atoms with Crippen LogP contribution in [0.3, 0.4) is 0 Å². The molecule has 0 spiro atoms.